The first-order chi connectivity index (χ1) is 12.0. The second-order valence-electron chi connectivity index (χ2n) is 5.86. The lowest BCUT2D eigenvalue weighted by molar-refractivity contribution is -0.117. The summed E-state index contributed by atoms with van der Waals surface area (Å²) in [5, 5.41) is 0. The van der Waals surface area contributed by atoms with Gasteiger partial charge in [-0.05, 0) is 55.3 Å². The fourth-order valence-corrected chi connectivity index (χ4v) is 4.52. The molecule has 1 aromatic heterocycles. The van der Waals surface area contributed by atoms with Crippen LogP contribution in [0, 0.1) is 19.7 Å². The average Bonchev–Trinajstić information content (AvgIpc) is 2.89. The van der Waals surface area contributed by atoms with Gasteiger partial charge in [-0.15, -0.1) is 11.8 Å². The molecule has 2 aromatic carbocycles. The van der Waals surface area contributed by atoms with Gasteiger partial charge in [-0.3, -0.25) is 4.79 Å². The third kappa shape index (κ3) is 4.02. The quantitative estimate of drug-likeness (QED) is 0.625. The number of hydrogen-bond donors (Lipinski definition) is 0. The van der Waals surface area contributed by atoms with E-state index >= 15 is 0 Å². The Morgan fingerprint density at radius 2 is 1.92 bits per heavy atom. The Morgan fingerprint density at radius 3 is 2.64 bits per heavy atom. The molecule has 0 fully saturated rings. The number of nitrogens with zero attached hydrogens (tertiary/aromatic N) is 2. The van der Waals surface area contributed by atoms with Gasteiger partial charge in [-0.25, -0.2) is 4.39 Å². The fraction of sp³-hybridized carbons (Fsp3) is 0.263. The Hall–Kier alpha value is -1.92. The maximum absolute atomic E-state index is 12.9. The average molecular weight is 375 g/mol. The van der Waals surface area contributed by atoms with Crippen molar-refractivity contribution < 1.29 is 9.18 Å². The van der Waals surface area contributed by atoms with Crippen molar-refractivity contribution in [1.29, 1.82) is 0 Å². The van der Waals surface area contributed by atoms with Crippen LogP contribution < -0.4 is 4.80 Å². The Balaban J connectivity index is 1.73. The fourth-order valence-electron chi connectivity index (χ4n) is 2.59. The van der Waals surface area contributed by atoms with Crippen LogP contribution in [0.2, 0.25) is 0 Å². The van der Waals surface area contributed by atoms with Crippen LogP contribution in [0.4, 0.5) is 4.39 Å². The third-order valence-electron chi connectivity index (χ3n) is 4.11. The van der Waals surface area contributed by atoms with E-state index in [1.807, 2.05) is 11.6 Å². The molecule has 1 amide bonds. The zero-order valence-electron chi connectivity index (χ0n) is 14.4. The molecule has 3 nitrogen and oxygen atoms in total. The lowest BCUT2D eigenvalue weighted by Crippen LogP contribution is -2.14. The molecule has 130 valence electrons. The Morgan fingerprint density at radius 1 is 1.20 bits per heavy atom. The lowest BCUT2D eigenvalue weighted by Gasteiger charge is -2.03. The van der Waals surface area contributed by atoms with Gasteiger partial charge in [0.15, 0.2) is 4.80 Å². The van der Waals surface area contributed by atoms with E-state index in [-0.39, 0.29) is 11.7 Å². The van der Waals surface area contributed by atoms with Crippen molar-refractivity contribution >= 4 is 39.2 Å². The third-order valence-corrected chi connectivity index (χ3v) is 6.22. The van der Waals surface area contributed by atoms with Crippen LogP contribution in [0.15, 0.2) is 46.3 Å². The van der Waals surface area contributed by atoms with Gasteiger partial charge >= 0.3 is 0 Å². The molecule has 3 aromatic rings. The Kier molecular flexibility index (Phi) is 5.39. The smallest absolute Gasteiger partial charge is 0.249 e. The van der Waals surface area contributed by atoms with Crippen molar-refractivity contribution in [1.82, 2.24) is 4.57 Å². The number of aryl methyl sites for hydroxylation is 3. The first-order valence-corrected chi connectivity index (χ1v) is 9.77. The van der Waals surface area contributed by atoms with Crippen LogP contribution >= 0.6 is 23.1 Å². The topological polar surface area (TPSA) is 34.4 Å². The van der Waals surface area contributed by atoms with E-state index in [9.17, 15) is 9.18 Å². The van der Waals surface area contributed by atoms with Gasteiger partial charge in [0.1, 0.15) is 5.82 Å². The van der Waals surface area contributed by atoms with Gasteiger partial charge in [-0.2, -0.15) is 4.99 Å². The maximum Gasteiger partial charge on any atom is 0.249 e. The molecule has 1 heterocycles. The molecule has 0 aliphatic carbocycles. The standard InChI is InChI=1S/C19H19FN2OS2/c1-12-4-9-16-18(13(12)2)22(3)19(25-16)21-17(23)10-11-24-15-7-5-14(20)6-8-15/h4-9H,10-11H2,1-3H3. The molecule has 0 aliphatic heterocycles. The van der Waals surface area contributed by atoms with E-state index in [1.54, 1.807) is 12.1 Å². The van der Waals surface area contributed by atoms with Crippen molar-refractivity contribution in [3.05, 3.63) is 58.1 Å². The van der Waals surface area contributed by atoms with Crippen molar-refractivity contribution in [2.75, 3.05) is 5.75 Å². The minimum absolute atomic E-state index is 0.133. The molecular weight excluding hydrogens is 355 g/mol. The normalized spacial score (nSPS) is 12.1. The van der Waals surface area contributed by atoms with Gasteiger partial charge in [0.2, 0.25) is 5.91 Å². The molecule has 0 spiro atoms. The highest BCUT2D eigenvalue weighted by atomic mass is 32.2. The van der Waals surface area contributed by atoms with Gasteiger partial charge in [0, 0.05) is 24.1 Å². The summed E-state index contributed by atoms with van der Waals surface area (Å²) in [7, 11) is 1.95. The number of aromatic nitrogens is 1. The number of carbonyl (C=O) groups excluding carboxylic acids is 1. The SMILES string of the molecule is Cc1ccc2sc(=NC(=O)CCSc3ccc(F)cc3)n(C)c2c1C. The monoisotopic (exact) mass is 374 g/mol. The van der Waals surface area contributed by atoms with Crippen molar-refractivity contribution in [3.63, 3.8) is 0 Å². The van der Waals surface area contributed by atoms with E-state index in [2.05, 4.69) is 31.0 Å². The van der Waals surface area contributed by atoms with Crippen LogP contribution in [0.3, 0.4) is 0 Å². The van der Waals surface area contributed by atoms with Gasteiger partial charge in [-0.1, -0.05) is 17.4 Å². The summed E-state index contributed by atoms with van der Waals surface area (Å²) < 4.78 is 16.0. The molecule has 0 radical (unpaired) electrons. The van der Waals surface area contributed by atoms with Crippen molar-refractivity contribution in [2.45, 2.75) is 25.2 Å². The minimum atomic E-state index is -0.252. The highest BCUT2D eigenvalue weighted by Crippen LogP contribution is 2.23. The van der Waals surface area contributed by atoms with Crippen LogP contribution in [0.1, 0.15) is 17.5 Å². The molecule has 0 saturated heterocycles. The Bertz CT molecular complexity index is 987. The second-order valence-corrected chi connectivity index (χ2v) is 8.03. The number of hydrogen-bond acceptors (Lipinski definition) is 3. The van der Waals surface area contributed by atoms with E-state index in [1.165, 1.54) is 46.4 Å². The number of carbonyl (C=O) groups is 1. The first-order valence-electron chi connectivity index (χ1n) is 7.97. The highest BCUT2D eigenvalue weighted by Gasteiger charge is 2.09. The van der Waals surface area contributed by atoms with Crippen LogP contribution in [-0.2, 0) is 11.8 Å². The Labute approximate surface area is 154 Å². The van der Waals surface area contributed by atoms with E-state index in [0.29, 0.717) is 12.2 Å². The molecule has 0 atom stereocenters. The predicted molar refractivity (Wildman–Crippen MR) is 103 cm³/mol. The maximum atomic E-state index is 12.9. The molecule has 0 N–H and O–H groups in total. The summed E-state index contributed by atoms with van der Waals surface area (Å²) in [6.45, 7) is 4.18. The zero-order valence-corrected chi connectivity index (χ0v) is 16.0. The predicted octanol–water partition coefficient (Wildman–Crippen LogP) is 4.61. The number of fused-ring (bicyclic) bond motifs is 1. The number of thioether (sulfide) groups is 1. The number of benzene rings is 2. The molecular formula is C19H19FN2OS2. The summed E-state index contributed by atoms with van der Waals surface area (Å²) in [6, 6.07) is 10.5. The first kappa shape index (κ1) is 17.9. The largest absolute Gasteiger partial charge is 0.319 e. The molecule has 25 heavy (non-hydrogen) atoms. The van der Waals surface area contributed by atoms with Gasteiger partial charge in [0.25, 0.3) is 0 Å². The van der Waals surface area contributed by atoms with E-state index < -0.39 is 0 Å². The number of thiazole rings is 1. The van der Waals surface area contributed by atoms with E-state index in [0.717, 1.165) is 19.9 Å². The van der Waals surface area contributed by atoms with Crippen molar-refractivity contribution in [3.8, 4) is 0 Å². The number of rotatable bonds is 4. The number of amides is 1. The summed E-state index contributed by atoms with van der Waals surface area (Å²) in [6.07, 6.45) is 0.355. The molecule has 6 heteroatoms. The molecule has 0 aliphatic rings. The lowest BCUT2D eigenvalue weighted by atomic mass is 10.1. The molecule has 0 saturated carbocycles. The molecule has 3 rings (SSSR count). The summed E-state index contributed by atoms with van der Waals surface area (Å²) in [5.74, 6) is 0.241. The van der Waals surface area contributed by atoms with Crippen LogP contribution in [0.5, 0.6) is 0 Å². The van der Waals surface area contributed by atoms with Crippen LogP contribution in [-0.4, -0.2) is 16.2 Å². The summed E-state index contributed by atoms with van der Waals surface area (Å²) in [4.78, 5) is 18.1. The summed E-state index contributed by atoms with van der Waals surface area (Å²) in [5.41, 5.74) is 3.59. The summed E-state index contributed by atoms with van der Waals surface area (Å²) >= 11 is 3.06. The van der Waals surface area contributed by atoms with Gasteiger partial charge in [0.05, 0.1) is 10.2 Å². The minimum Gasteiger partial charge on any atom is -0.319 e. The van der Waals surface area contributed by atoms with Gasteiger partial charge < -0.3 is 4.57 Å². The second kappa shape index (κ2) is 7.54. The van der Waals surface area contributed by atoms with E-state index in [4.69, 9.17) is 0 Å². The van der Waals surface area contributed by atoms with Crippen molar-refractivity contribution in [2.24, 2.45) is 12.0 Å². The highest BCUT2D eigenvalue weighted by molar-refractivity contribution is 7.99. The molecule has 0 bridgehead atoms. The zero-order chi connectivity index (χ0) is 18.0. The number of halogens is 1. The molecule has 0 unspecified atom stereocenters. The van der Waals surface area contributed by atoms with Crippen LogP contribution in [0.25, 0.3) is 10.2 Å².